The van der Waals surface area contributed by atoms with Gasteiger partial charge in [-0.05, 0) is 12.1 Å². The Balaban J connectivity index is 1.72. The van der Waals surface area contributed by atoms with E-state index in [9.17, 15) is 5.11 Å². The summed E-state index contributed by atoms with van der Waals surface area (Å²) in [4.78, 5) is 12.3. The quantitative estimate of drug-likeness (QED) is 0.823. The number of nitrogen functional groups attached to an aromatic ring is 1. The third kappa shape index (κ3) is 2.95. The number of phenolic OH excluding ortho intramolecular Hbond substituents is 1. The zero-order valence-electron chi connectivity index (χ0n) is 11.4. The van der Waals surface area contributed by atoms with E-state index >= 15 is 0 Å². The summed E-state index contributed by atoms with van der Waals surface area (Å²) in [6.45, 7) is 3.14. The molecule has 0 unspecified atom stereocenters. The molecule has 0 amide bonds. The molecule has 2 aromatic rings. The molecule has 1 fully saturated rings. The first-order valence-corrected chi connectivity index (χ1v) is 7.09. The summed E-state index contributed by atoms with van der Waals surface area (Å²) in [6, 6.07) is 9.08. The van der Waals surface area contributed by atoms with Crippen LogP contribution in [0.2, 0.25) is 5.15 Å². The Bertz CT molecular complexity index is 623. The van der Waals surface area contributed by atoms with Gasteiger partial charge in [0.2, 0.25) is 5.95 Å². The third-order valence-electron chi connectivity index (χ3n) is 3.52. The Kier molecular flexibility index (Phi) is 3.70. The van der Waals surface area contributed by atoms with Crippen molar-refractivity contribution < 1.29 is 5.11 Å². The minimum atomic E-state index is 0.181. The highest BCUT2D eigenvalue weighted by molar-refractivity contribution is 6.29. The topological polar surface area (TPSA) is 78.5 Å². The number of anilines is 3. The van der Waals surface area contributed by atoms with E-state index in [4.69, 9.17) is 17.3 Å². The van der Waals surface area contributed by atoms with E-state index < -0.39 is 0 Å². The zero-order valence-corrected chi connectivity index (χ0v) is 12.2. The molecule has 6 nitrogen and oxygen atoms in total. The summed E-state index contributed by atoms with van der Waals surface area (Å²) in [6.07, 6.45) is 0. The van der Waals surface area contributed by atoms with E-state index in [1.54, 1.807) is 12.1 Å². The molecule has 0 aliphatic carbocycles. The standard InChI is InChI=1S/C14H16ClN5O/c15-12-9-13(18-14(16)17-12)20-7-5-19(6-8-20)10-3-1-2-4-11(10)21/h1-4,9,21H,5-8H2,(H2,16,17,18). The summed E-state index contributed by atoms with van der Waals surface area (Å²) < 4.78 is 0. The van der Waals surface area contributed by atoms with Gasteiger partial charge in [-0.1, -0.05) is 23.7 Å². The molecule has 3 rings (SSSR count). The van der Waals surface area contributed by atoms with Crippen LogP contribution in [-0.4, -0.2) is 41.3 Å². The normalized spacial score (nSPS) is 15.3. The van der Waals surface area contributed by atoms with Crippen molar-refractivity contribution in [2.45, 2.75) is 0 Å². The highest BCUT2D eigenvalue weighted by atomic mass is 35.5. The largest absolute Gasteiger partial charge is 0.506 e. The fraction of sp³-hybridized carbons (Fsp3) is 0.286. The monoisotopic (exact) mass is 305 g/mol. The molecule has 21 heavy (non-hydrogen) atoms. The second kappa shape index (κ2) is 5.65. The molecule has 1 aromatic heterocycles. The van der Waals surface area contributed by atoms with Gasteiger partial charge in [0.15, 0.2) is 0 Å². The fourth-order valence-electron chi connectivity index (χ4n) is 2.49. The Morgan fingerprint density at radius 3 is 2.38 bits per heavy atom. The molecule has 0 atom stereocenters. The smallest absolute Gasteiger partial charge is 0.223 e. The van der Waals surface area contributed by atoms with Gasteiger partial charge in [-0.25, -0.2) is 4.98 Å². The number of phenols is 1. The van der Waals surface area contributed by atoms with Gasteiger partial charge in [0, 0.05) is 32.2 Å². The maximum absolute atomic E-state index is 9.91. The van der Waals surface area contributed by atoms with Crippen molar-refractivity contribution in [3.63, 3.8) is 0 Å². The number of aromatic hydroxyl groups is 1. The zero-order chi connectivity index (χ0) is 14.8. The van der Waals surface area contributed by atoms with Crippen LogP contribution in [0, 0.1) is 0 Å². The molecule has 7 heteroatoms. The number of hydrogen-bond donors (Lipinski definition) is 2. The summed E-state index contributed by atoms with van der Waals surface area (Å²) in [5, 5.41) is 10.3. The molecule has 1 saturated heterocycles. The molecule has 1 aliphatic rings. The molecule has 0 bridgehead atoms. The molecule has 2 heterocycles. The minimum absolute atomic E-state index is 0.181. The van der Waals surface area contributed by atoms with Gasteiger partial charge in [-0.2, -0.15) is 4.98 Å². The number of piperazine rings is 1. The van der Waals surface area contributed by atoms with Crippen molar-refractivity contribution >= 4 is 29.1 Å². The predicted octanol–water partition coefficient (Wildman–Crippen LogP) is 1.74. The molecule has 0 radical (unpaired) electrons. The number of benzene rings is 1. The SMILES string of the molecule is Nc1nc(Cl)cc(N2CCN(c3ccccc3O)CC2)n1. The maximum atomic E-state index is 9.91. The minimum Gasteiger partial charge on any atom is -0.506 e. The lowest BCUT2D eigenvalue weighted by Crippen LogP contribution is -2.46. The first-order chi connectivity index (χ1) is 10.1. The first kappa shape index (κ1) is 13.8. The number of rotatable bonds is 2. The number of aromatic nitrogens is 2. The number of halogens is 1. The van der Waals surface area contributed by atoms with Crippen LogP contribution < -0.4 is 15.5 Å². The van der Waals surface area contributed by atoms with Crippen LogP contribution in [-0.2, 0) is 0 Å². The van der Waals surface area contributed by atoms with Crippen LogP contribution in [0.5, 0.6) is 5.75 Å². The third-order valence-corrected chi connectivity index (χ3v) is 3.72. The molecule has 1 aliphatic heterocycles. The van der Waals surface area contributed by atoms with Crippen LogP contribution in [0.1, 0.15) is 0 Å². The highest BCUT2D eigenvalue weighted by Crippen LogP contribution is 2.28. The van der Waals surface area contributed by atoms with Crippen LogP contribution in [0.3, 0.4) is 0 Å². The Morgan fingerprint density at radius 2 is 1.71 bits per heavy atom. The lowest BCUT2D eigenvalue weighted by atomic mass is 10.2. The number of para-hydroxylation sites is 2. The van der Waals surface area contributed by atoms with Gasteiger partial charge in [-0.15, -0.1) is 0 Å². The van der Waals surface area contributed by atoms with Crippen molar-refractivity contribution in [2.75, 3.05) is 41.7 Å². The van der Waals surface area contributed by atoms with Crippen molar-refractivity contribution in [2.24, 2.45) is 0 Å². The van der Waals surface area contributed by atoms with Gasteiger partial charge in [0.1, 0.15) is 16.7 Å². The molecule has 3 N–H and O–H groups in total. The van der Waals surface area contributed by atoms with Gasteiger partial charge in [0.25, 0.3) is 0 Å². The molecule has 1 aromatic carbocycles. The number of nitrogens with two attached hydrogens (primary N) is 1. The van der Waals surface area contributed by atoms with E-state index in [0.717, 1.165) is 37.7 Å². The molecular formula is C14H16ClN5O. The fourth-order valence-corrected chi connectivity index (χ4v) is 2.68. The average molecular weight is 306 g/mol. The second-order valence-electron chi connectivity index (χ2n) is 4.87. The van der Waals surface area contributed by atoms with E-state index in [2.05, 4.69) is 19.8 Å². The number of nitrogens with zero attached hydrogens (tertiary/aromatic N) is 4. The van der Waals surface area contributed by atoms with Crippen molar-refractivity contribution in [1.82, 2.24) is 9.97 Å². The average Bonchev–Trinajstić information content (AvgIpc) is 2.47. The Morgan fingerprint density at radius 1 is 1.05 bits per heavy atom. The lowest BCUT2D eigenvalue weighted by molar-refractivity contribution is 0.472. The van der Waals surface area contributed by atoms with Crippen LogP contribution in [0.4, 0.5) is 17.5 Å². The van der Waals surface area contributed by atoms with Crippen LogP contribution in [0.25, 0.3) is 0 Å². The van der Waals surface area contributed by atoms with Crippen molar-refractivity contribution in [3.8, 4) is 5.75 Å². The van der Waals surface area contributed by atoms with E-state index in [1.807, 2.05) is 18.2 Å². The van der Waals surface area contributed by atoms with Gasteiger partial charge in [-0.3, -0.25) is 0 Å². The first-order valence-electron chi connectivity index (χ1n) is 6.71. The Labute approximate surface area is 127 Å². The van der Waals surface area contributed by atoms with E-state index in [-0.39, 0.29) is 5.95 Å². The summed E-state index contributed by atoms with van der Waals surface area (Å²) in [7, 11) is 0. The predicted molar refractivity (Wildman–Crippen MR) is 84.0 cm³/mol. The molecule has 0 saturated carbocycles. The number of hydrogen-bond acceptors (Lipinski definition) is 6. The molecule has 110 valence electrons. The van der Waals surface area contributed by atoms with Gasteiger partial charge < -0.3 is 20.6 Å². The van der Waals surface area contributed by atoms with Crippen LogP contribution in [0.15, 0.2) is 30.3 Å². The van der Waals surface area contributed by atoms with Crippen LogP contribution >= 0.6 is 11.6 Å². The van der Waals surface area contributed by atoms with E-state index in [0.29, 0.717) is 10.9 Å². The van der Waals surface area contributed by atoms with Crippen molar-refractivity contribution in [1.29, 1.82) is 0 Å². The van der Waals surface area contributed by atoms with Crippen molar-refractivity contribution in [3.05, 3.63) is 35.5 Å². The molecular weight excluding hydrogens is 290 g/mol. The van der Waals surface area contributed by atoms with Gasteiger partial charge >= 0.3 is 0 Å². The lowest BCUT2D eigenvalue weighted by Gasteiger charge is -2.36. The summed E-state index contributed by atoms with van der Waals surface area (Å²) in [5.41, 5.74) is 6.49. The van der Waals surface area contributed by atoms with Gasteiger partial charge in [0.05, 0.1) is 5.69 Å². The Hall–Kier alpha value is -2.21. The highest BCUT2D eigenvalue weighted by Gasteiger charge is 2.20. The summed E-state index contributed by atoms with van der Waals surface area (Å²) >= 11 is 5.91. The summed E-state index contributed by atoms with van der Waals surface area (Å²) in [5.74, 6) is 1.23. The maximum Gasteiger partial charge on any atom is 0.223 e. The van der Waals surface area contributed by atoms with E-state index in [1.165, 1.54) is 0 Å². The molecule has 0 spiro atoms. The second-order valence-corrected chi connectivity index (χ2v) is 5.26.